The molecule has 1 aromatic heterocycles. The van der Waals surface area contributed by atoms with E-state index in [1.54, 1.807) is 0 Å². The molecule has 3 rings (SSSR count). The molecule has 25 heavy (non-hydrogen) atoms. The van der Waals surface area contributed by atoms with Gasteiger partial charge < -0.3 is 11.1 Å². The summed E-state index contributed by atoms with van der Waals surface area (Å²) in [7, 11) is 0. The van der Waals surface area contributed by atoms with Crippen molar-refractivity contribution in [2.45, 2.75) is 45.3 Å². The zero-order chi connectivity index (χ0) is 17.9. The van der Waals surface area contributed by atoms with Crippen molar-refractivity contribution in [1.82, 2.24) is 10.2 Å². The largest absolute Gasteiger partial charge is 0.370 e. The molecule has 1 aliphatic rings. The molecule has 1 unspecified atom stereocenters. The van der Waals surface area contributed by atoms with Crippen LogP contribution in [0.25, 0.3) is 0 Å². The number of aliphatic imine (C=N–C) groups is 1. The number of hydrogen-bond acceptors (Lipinski definition) is 3. The molecule has 0 bridgehead atoms. The fraction of sp³-hybridized carbons (Fsp3) is 0.450. The second-order valence-electron chi connectivity index (χ2n) is 7.62. The number of nitrogens with one attached hydrogen (secondary N) is 1. The maximum atomic E-state index is 6.10. The van der Waals surface area contributed by atoms with Crippen molar-refractivity contribution >= 4 is 17.3 Å². The number of benzene rings is 1. The van der Waals surface area contributed by atoms with Gasteiger partial charge in [-0.05, 0) is 49.8 Å². The van der Waals surface area contributed by atoms with Crippen molar-refractivity contribution in [2.24, 2.45) is 10.7 Å². The number of nitrogens with two attached hydrogens (primary N) is 1. The summed E-state index contributed by atoms with van der Waals surface area (Å²) in [6.45, 7) is 8.99. The Morgan fingerprint density at radius 1 is 1.28 bits per heavy atom. The smallest absolute Gasteiger partial charge is 0.189 e. The highest BCUT2D eigenvalue weighted by atomic mass is 32.1. The first-order valence-corrected chi connectivity index (χ1v) is 9.73. The van der Waals surface area contributed by atoms with Crippen LogP contribution >= 0.6 is 11.3 Å². The Morgan fingerprint density at radius 3 is 2.76 bits per heavy atom. The van der Waals surface area contributed by atoms with Crippen molar-refractivity contribution in [3.05, 3.63) is 57.8 Å². The molecule has 0 fully saturated rings. The molecule has 0 saturated heterocycles. The van der Waals surface area contributed by atoms with Crippen molar-refractivity contribution in [2.75, 3.05) is 13.1 Å². The third-order valence-electron chi connectivity index (χ3n) is 4.40. The molecular weight excluding hydrogens is 328 g/mol. The van der Waals surface area contributed by atoms with Crippen LogP contribution in [0.5, 0.6) is 0 Å². The molecule has 1 atom stereocenters. The summed E-state index contributed by atoms with van der Waals surface area (Å²) in [5.74, 6) is 0.515. The fourth-order valence-corrected chi connectivity index (χ4v) is 4.14. The lowest BCUT2D eigenvalue weighted by atomic mass is 10.0. The first-order valence-electron chi connectivity index (χ1n) is 8.85. The van der Waals surface area contributed by atoms with Gasteiger partial charge in [-0.15, -0.1) is 11.3 Å². The van der Waals surface area contributed by atoms with E-state index in [1.807, 2.05) is 11.3 Å². The topological polar surface area (TPSA) is 53.6 Å². The molecule has 1 aliphatic heterocycles. The van der Waals surface area contributed by atoms with Gasteiger partial charge in [0.05, 0.1) is 12.6 Å². The van der Waals surface area contributed by atoms with E-state index in [0.717, 1.165) is 19.5 Å². The van der Waals surface area contributed by atoms with E-state index in [0.29, 0.717) is 12.5 Å². The Balaban J connectivity index is 1.78. The predicted octanol–water partition coefficient (Wildman–Crippen LogP) is 3.55. The van der Waals surface area contributed by atoms with Gasteiger partial charge in [0.25, 0.3) is 0 Å². The van der Waals surface area contributed by atoms with Crippen LogP contribution in [0.4, 0.5) is 0 Å². The minimum Gasteiger partial charge on any atom is -0.370 e. The molecule has 2 aromatic rings. The zero-order valence-corrected chi connectivity index (χ0v) is 16.1. The SMILES string of the molecule is CC(C)(C)NC(N)=NCC(c1ccccc1)N1CCc2sccc2C1. The molecule has 0 saturated carbocycles. The number of fused-ring (bicyclic) bond motifs is 1. The summed E-state index contributed by atoms with van der Waals surface area (Å²) in [5, 5.41) is 5.45. The average Bonchev–Trinajstić information content (AvgIpc) is 3.02. The monoisotopic (exact) mass is 356 g/mol. The van der Waals surface area contributed by atoms with Crippen LogP contribution in [-0.4, -0.2) is 29.5 Å². The van der Waals surface area contributed by atoms with Crippen molar-refractivity contribution in [1.29, 1.82) is 0 Å². The van der Waals surface area contributed by atoms with Gasteiger partial charge in [-0.25, -0.2) is 0 Å². The highest BCUT2D eigenvalue weighted by molar-refractivity contribution is 7.10. The normalized spacial score (nSPS) is 17.2. The van der Waals surface area contributed by atoms with Crippen molar-refractivity contribution < 1.29 is 0 Å². The lowest BCUT2D eigenvalue weighted by Gasteiger charge is -2.34. The summed E-state index contributed by atoms with van der Waals surface area (Å²) < 4.78 is 0. The summed E-state index contributed by atoms with van der Waals surface area (Å²) >= 11 is 1.88. The maximum absolute atomic E-state index is 6.10. The average molecular weight is 357 g/mol. The molecular formula is C20H28N4S. The zero-order valence-electron chi connectivity index (χ0n) is 15.3. The van der Waals surface area contributed by atoms with E-state index < -0.39 is 0 Å². The van der Waals surface area contributed by atoms with Crippen LogP contribution in [0.3, 0.4) is 0 Å². The molecule has 0 aliphatic carbocycles. The van der Waals surface area contributed by atoms with Crippen molar-refractivity contribution in [3.8, 4) is 0 Å². The Bertz CT molecular complexity index is 715. The standard InChI is InChI=1S/C20H28N4S/c1-20(2,3)23-19(21)22-13-17(15-7-5-4-6-8-15)24-11-9-18-16(14-24)10-12-25-18/h4-8,10,12,17H,9,11,13-14H2,1-3H3,(H3,21,22,23). The van der Waals surface area contributed by atoms with E-state index in [-0.39, 0.29) is 11.6 Å². The number of guanidine groups is 1. The maximum Gasteiger partial charge on any atom is 0.189 e. The minimum atomic E-state index is -0.0769. The lowest BCUT2D eigenvalue weighted by molar-refractivity contribution is 0.185. The van der Waals surface area contributed by atoms with Crippen LogP contribution < -0.4 is 11.1 Å². The third-order valence-corrected chi connectivity index (χ3v) is 5.42. The van der Waals surface area contributed by atoms with E-state index in [1.165, 1.54) is 16.0 Å². The predicted molar refractivity (Wildman–Crippen MR) is 107 cm³/mol. The Hall–Kier alpha value is -1.85. The van der Waals surface area contributed by atoms with Gasteiger partial charge in [0.2, 0.25) is 0 Å². The summed E-state index contributed by atoms with van der Waals surface area (Å²) in [4.78, 5) is 8.70. The quantitative estimate of drug-likeness (QED) is 0.651. The molecule has 0 amide bonds. The molecule has 5 heteroatoms. The van der Waals surface area contributed by atoms with Crippen LogP contribution in [0.15, 0.2) is 46.8 Å². The second kappa shape index (κ2) is 7.58. The lowest BCUT2D eigenvalue weighted by Crippen LogP contribution is -2.45. The Kier molecular flexibility index (Phi) is 5.45. The number of thiophene rings is 1. The number of hydrogen-bond donors (Lipinski definition) is 2. The molecule has 1 aromatic carbocycles. The first-order chi connectivity index (χ1) is 11.9. The number of nitrogens with zero attached hydrogens (tertiary/aromatic N) is 2. The minimum absolute atomic E-state index is 0.0769. The highest BCUT2D eigenvalue weighted by Gasteiger charge is 2.25. The highest BCUT2D eigenvalue weighted by Crippen LogP contribution is 2.30. The Morgan fingerprint density at radius 2 is 2.04 bits per heavy atom. The first kappa shape index (κ1) is 18.0. The van der Waals surface area contributed by atoms with Crippen LogP contribution in [0, 0.1) is 0 Å². The van der Waals surface area contributed by atoms with Gasteiger partial charge in [-0.1, -0.05) is 30.3 Å². The number of rotatable bonds is 4. The third kappa shape index (κ3) is 4.83. The van der Waals surface area contributed by atoms with Gasteiger partial charge in [0.1, 0.15) is 0 Å². The van der Waals surface area contributed by atoms with Gasteiger partial charge in [-0.2, -0.15) is 0 Å². The second-order valence-corrected chi connectivity index (χ2v) is 8.62. The van der Waals surface area contributed by atoms with E-state index in [2.05, 4.69) is 77.8 Å². The van der Waals surface area contributed by atoms with Gasteiger partial charge in [0, 0.05) is 23.5 Å². The molecule has 2 heterocycles. The van der Waals surface area contributed by atoms with E-state index in [4.69, 9.17) is 5.73 Å². The summed E-state index contributed by atoms with van der Waals surface area (Å²) in [6, 6.07) is 13.1. The molecule has 134 valence electrons. The van der Waals surface area contributed by atoms with Gasteiger partial charge in [0.15, 0.2) is 5.96 Å². The molecule has 4 nitrogen and oxygen atoms in total. The van der Waals surface area contributed by atoms with E-state index >= 15 is 0 Å². The Labute approximate surface area is 154 Å². The molecule has 0 spiro atoms. The van der Waals surface area contributed by atoms with Crippen LogP contribution in [-0.2, 0) is 13.0 Å². The summed E-state index contributed by atoms with van der Waals surface area (Å²) in [5.41, 5.74) is 8.78. The van der Waals surface area contributed by atoms with Gasteiger partial charge in [-0.3, -0.25) is 9.89 Å². The van der Waals surface area contributed by atoms with Crippen LogP contribution in [0.2, 0.25) is 0 Å². The molecule has 3 N–H and O–H groups in total. The molecule has 0 radical (unpaired) electrons. The van der Waals surface area contributed by atoms with E-state index in [9.17, 15) is 0 Å². The summed E-state index contributed by atoms with van der Waals surface area (Å²) in [6.07, 6.45) is 1.12. The van der Waals surface area contributed by atoms with Gasteiger partial charge >= 0.3 is 0 Å². The van der Waals surface area contributed by atoms with Crippen molar-refractivity contribution in [3.63, 3.8) is 0 Å². The van der Waals surface area contributed by atoms with Crippen LogP contribution in [0.1, 0.15) is 42.8 Å². The fourth-order valence-electron chi connectivity index (χ4n) is 3.25.